The third-order valence-corrected chi connectivity index (χ3v) is 7.55. The molecule has 1 saturated heterocycles. The minimum Gasteiger partial charge on any atom is -0.448 e. The van der Waals surface area contributed by atoms with Gasteiger partial charge in [-0.15, -0.1) is 0 Å². The number of aromatic nitrogens is 3. The second-order valence-corrected chi connectivity index (χ2v) is 10.0. The first-order valence-electron chi connectivity index (χ1n) is 13.5. The monoisotopic (exact) mass is 576 g/mol. The molecule has 0 unspecified atom stereocenters. The molecule has 0 N–H and O–H groups in total. The highest BCUT2D eigenvalue weighted by Crippen LogP contribution is 2.33. The van der Waals surface area contributed by atoms with E-state index in [2.05, 4.69) is 10.00 Å². The molecule has 1 aliphatic heterocycles. The van der Waals surface area contributed by atoms with Crippen LogP contribution in [-0.2, 0) is 11.3 Å². The van der Waals surface area contributed by atoms with Crippen LogP contribution in [0, 0.1) is 5.82 Å². The molecule has 0 radical (unpaired) electrons. The fraction of sp³-hybridized carbons (Fsp3) is 0.310. The predicted octanol–water partition coefficient (Wildman–Crippen LogP) is 2.79. The molecule has 0 bridgehead atoms. The molecular weight excluding hydrogens is 551 g/mol. The first-order chi connectivity index (χ1) is 20.2. The Bertz CT molecular complexity index is 2100. The second-order valence-electron chi connectivity index (χ2n) is 10.0. The molecule has 0 amide bonds. The van der Waals surface area contributed by atoms with Crippen LogP contribution in [0.2, 0.25) is 0 Å². The number of piperidine rings is 1. The molecule has 5 aromatic rings. The highest BCUT2D eigenvalue weighted by molar-refractivity contribution is 6.01. The molecule has 3 aromatic heterocycles. The quantitative estimate of drug-likeness (QED) is 0.306. The Morgan fingerprint density at radius 3 is 2.40 bits per heavy atom. The van der Waals surface area contributed by atoms with Crippen molar-refractivity contribution in [3.8, 4) is 0 Å². The van der Waals surface area contributed by atoms with Gasteiger partial charge in [0, 0.05) is 42.6 Å². The zero-order valence-electron chi connectivity index (χ0n) is 22.5. The number of hydrogen-bond donors (Lipinski definition) is 0. The van der Waals surface area contributed by atoms with E-state index in [1.807, 2.05) is 0 Å². The normalized spacial score (nSPS) is 14.6. The number of halogens is 1. The van der Waals surface area contributed by atoms with Crippen LogP contribution < -0.4 is 22.4 Å². The number of carbonyl (C=O) groups is 1. The molecule has 1 fully saturated rings. The SMILES string of the molecule is CCOC(=O)n1nc(C2CCN(CCn3c(=O)c4ccc5oc(=O)ccc(=O)oc5c4c3=O)CC2)c2ccc(F)cc21. The highest BCUT2D eigenvalue weighted by atomic mass is 19.1. The van der Waals surface area contributed by atoms with Gasteiger partial charge in [0.1, 0.15) is 5.82 Å². The lowest BCUT2D eigenvalue weighted by Gasteiger charge is -2.31. The lowest BCUT2D eigenvalue weighted by atomic mass is 9.91. The largest absolute Gasteiger partial charge is 0.448 e. The van der Waals surface area contributed by atoms with Gasteiger partial charge in [-0.05, 0) is 57.1 Å². The summed E-state index contributed by atoms with van der Waals surface area (Å²) in [6, 6.07) is 8.71. The summed E-state index contributed by atoms with van der Waals surface area (Å²) in [6.45, 7) is 3.62. The Hall–Kier alpha value is -4.91. The van der Waals surface area contributed by atoms with Gasteiger partial charge in [0.2, 0.25) is 0 Å². The van der Waals surface area contributed by atoms with E-state index in [0.717, 1.165) is 21.4 Å². The molecule has 13 heteroatoms. The van der Waals surface area contributed by atoms with E-state index >= 15 is 0 Å². The van der Waals surface area contributed by atoms with Crippen LogP contribution in [0.15, 0.2) is 70.5 Å². The van der Waals surface area contributed by atoms with Crippen LogP contribution >= 0.6 is 0 Å². The summed E-state index contributed by atoms with van der Waals surface area (Å²) in [7, 11) is 0. The zero-order valence-corrected chi connectivity index (χ0v) is 22.5. The van der Waals surface area contributed by atoms with Crippen molar-refractivity contribution < 1.29 is 22.8 Å². The summed E-state index contributed by atoms with van der Waals surface area (Å²) in [5.41, 5.74) is -2.19. The summed E-state index contributed by atoms with van der Waals surface area (Å²) in [6.07, 6.45) is 0.711. The fourth-order valence-corrected chi connectivity index (χ4v) is 5.53. The number of nitrogens with zero attached hydrogens (tertiary/aromatic N) is 4. The Morgan fingerprint density at radius 2 is 1.67 bits per heavy atom. The van der Waals surface area contributed by atoms with Gasteiger partial charge in [-0.2, -0.15) is 9.78 Å². The smallest absolute Gasteiger partial charge is 0.435 e. The topological polar surface area (TPSA) is 147 Å². The van der Waals surface area contributed by atoms with Gasteiger partial charge in [-0.25, -0.2) is 18.8 Å². The third kappa shape index (κ3) is 4.81. The van der Waals surface area contributed by atoms with Gasteiger partial charge in [-0.1, -0.05) is 0 Å². The number of carbonyl (C=O) groups excluding carboxylic acids is 1. The molecule has 1 aliphatic rings. The Kier molecular flexibility index (Phi) is 7.02. The molecule has 42 heavy (non-hydrogen) atoms. The van der Waals surface area contributed by atoms with Crippen molar-refractivity contribution in [2.24, 2.45) is 0 Å². The number of rotatable bonds is 5. The lowest BCUT2D eigenvalue weighted by Crippen LogP contribution is -2.38. The average molecular weight is 577 g/mol. The first kappa shape index (κ1) is 27.3. The number of likely N-dealkylation sites (tertiary alicyclic amines) is 1. The van der Waals surface area contributed by atoms with Crippen molar-refractivity contribution >= 4 is 38.9 Å². The molecule has 2 aromatic carbocycles. The molecule has 0 aliphatic carbocycles. The summed E-state index contributed by atoms with van der Waals surface area (Å²) in [5.74, 6) is -0.472. The summed E-state index contributed by atoms with van der Waals surface area (Å²) < 4.78 is 31.6. The van der Waals surface area contributed by atoms with Gasteiger partial charge >= 0.3 is 17.3 Å². The van der Waals surface area contributed by atoms with Crippen molar-refractivity contribution in [3.05, 3.63) is 95.5 Å². The number of fused-ring (bicyclic) bond motifs is 4. The molecule has 0 saturated carbocycles. The minimum absolute atomic E-state index is 0.00942. The van der Waals surface area contributed by atoms with E-state index in [9.17, 15) is 28.4 Å². The van der Waals surface area contributed by atoms with Crippen LogP contribution in [0.3, 0.4) is 0 Å². The Balaban J connectivity index is 1.23. The maximum atomic E-state index is 14.0. The minimum atomic E-state index is -0.868. The van der Waals surface area contributed by atoms with Crippen LogP contribution in [0.1, 0.15) is 31.4 Å². The van der Waals surface area contributed by atoms with Crippen LogP contribution in [0.4, 0.5) is 9.18 Å². The maximum absolute atomic E-state index is 14.0. The third-order valence-electron chi connectivity index (χ3n) is 7.55. The predicted molar refractivity (Wildman–Crippen MR) is 150 cm³/mol. The molecule has 216 valence electrons. The summed E-state index contributed by atoms with van der Waals surface area (Å²) in [4.78, 5) is 64.9. The van der Waals surface area contributed by atoms with Crippen LogP contribution in [0.25, 0.3) is 32.8 Å². The maximum Gasteiger partial charge on any atom is 0.435 e. The lowest BCUT2D eigenvalue weighted by molar-refractivity contribution is 0.151. The summed E-state index contributed by atoms with van der Waals surface area (Å²) in [5, 5.41) is 5.13. The Labute approximate surface area is 235 Å². The van der Waals surface area contributed by atoms with Crippen molar-refractivity contribution in [1.29, 1.82) is 0 Å². The summed E-state index contributed by atoms with van der Waals surface area (Å²) >= 11 is 0. The number of hydrogen-bond acceptors (Lipinski definition) is 10. The van der Waals surface area contributed by atoms with Crippen LogP contribution in [-0.4, -0.2) is 51.6 Å². The number of benzene rings is 2. The molecule has 0 spiro atoms. The Morgan fingerprint density at radius 1 is 0.952 bits per heavy atom. The van der Waals surface area contributed by atoms with Gasteiger partial charge in [-0.3, -0.25) is 14.2 Å². The van der Waals surface area contributed by atoms with E-state index in [-0.39, 0.29) is 41.0 Å². The second kappa shape index (κ2) is 10.8. The van der Waals surface area contributed by atoms with Gasteiger partial charge < -0.3 is 18.5 Å². The molecular formula is C29H25FN4O8. The van der Waals surface area contributed by atoms with E-state index in [0.29, 0.717) is 49.1 Å². The molecule has 6 rings (SSSR count). The average Bonchev–Trinajstić information content (AvgIpc) is 3.46. The molecule has 0 atom stereocenters. The zero-order chi connectivity index (χ0) is 29.5. The highest BCUT2D eigenvalue weighted by Gasteiger charge is 2.27. The van der Waals surface area contributed by atoms with E-state index in [4.69, 9.17) is 13.6 Å². The van der Waals surface area contributed by atoms with Crippen molar-refractivity contribution in [2.75, 3.05) is 26.2 Å². The van der Waals surface area contributed by atoms with Crippen molar-refractivity contribution in [2.45, 2.75) is 32.2 Å². The fourth-order valence-electron chi connectivity index (χ4n) is 5.53. The molecule has 4 heterocycles. The van der Waals surface area contributed by atoms with Gasteiger partial charge in [0.25, 0.3) is 11.1 Å². The van der Waals surface area contributed by atoms with Gasteiger partial charge in [0.15, 0.2) is 11.2 Å². The first-order valence-corrected chi connectivity index (χ1v) is 13.5. The molecule has 12 nitrogen and oxygen atoms in total. The van der Waals surface area contributed by atoms with Crippen molar-refractivity contribution in [1.82, 2.24) is 19.2 Å². The van der Waals surface area contributed by atoms with E-state index in [1.165, 1.54) is 24.3 Å². The van der Waals surface area contributed by atoms with E-state index < -0.39 is 34.3 Å². The standard InChI is InChI=1S/C29H25FN4O8/c1-2-40-29(39)34-20-15-17(30)3-4-18(20)25(31-34)16-9-11-32(12-10-16)13-14-33-27(37)19-5-6-21-26(24(19)28(33)38)42-23(36)8-7-22(35)41-21/h3-8,15-16H,2,9-14H2,1H3. The van der Waals surface area contributed by atoms with Crippen LogP contribution in [0.5, 0.6) is 0 Å². The van der Waals surface area contributed by atoms with E-state index in [1.54, 1.807) is 13.0 Å². The number of ether oxygens (including phenoxy) is 1. The van der Waals surface area contributed by atoms with Crippen molar-refractivity contribution in [3.63, 3.8) is 0 Å². The van der Waals surface area contributed by atoms with Gasteiger partial charge in [0.05, 0.1) is 28.6 Å².